The van der Waals surface area contributed by atoms with E-state index in [1.807, 2.05) is 5.20 Å². The summed E-state index contributed by atoms with van der Waals surface area (Å²) in [4.78, 5) is 0. The number of hydrogen-bond acceptors (Lipinski definition) is 0. The van der Waals surface area contributed by atoms with Crippen LogP contribution in [0.15, 0.2) is 38.6 Å². The van der Waals surface area contributed by atoms with Gasteiger partial charge in [0.25, 0.3) is 0 Å². The molecule has 0 radical (unpaired) electrons. The Labute approximate surface area is 179 Å². The summed E-state index contributed by atoms with van der Waals surface area (Å²) in [6.07, 6.45) is 4.07. The van der Waals surface area contributed by atoms with Gasteiger partial charge in [-0.05, 0) is 32.3 Å². The van der Waals surface area contributed by atoms with Gasteiger partial charge in [0.05, 0.1) is 8.07 Å². The van der Waals surface area contributed by atoms with Gasteiger partial charge in [-0.2, -0.15) is 10.8 Å². The van der Waals surface area contributed by atoms with Crippen molar-refractivity contribution in [1.29, 1.82) is 0 Å². The fraction of sp³-hybridized carbons (Fsp3) is 0.636. The molecule has 0 amide bonds. The van der Waals surface area contributed by atoms with Gasteiger partial charge in [0.15, 0.2) is 0 Å². The van der Waals surface area contributed by atoms with Crippen LogP contribution >= 0.6 is 0 Å². The molecule has 0 N–H and O–H groups in total. The first-order valence-electron chi connectivity index (χ1n) is 10.1. The summed E-state index contributed by atoms with van der Waals surface area (Å²) in [6, 6.07) is 1.29. The summed E-state index contributed by atoms with van der Waals surface area (Å²) in [5.41, 5.74) is 10.3. The summed E-state index contributed by atoms with van der Waals surface area (Å²) in [5, 5.41) is 1.85. The van der Waals surface area contributed by atoms with E-state index in [9.17, 15) is 0 Å². The van der Waals surface area contributed by atoms with E-state index in [2.05, 4.69) is 79.6 Å². The average molecular weight is 395 g/mol. The summed E-state index contributed by atoms with van der Waals surface area (Å²) >= 11 is 0. The van der Waals surface area contributed by atoms with Crippen LogP contribution in [-0.2, 0) is 0 Å². The molecule has 2 atom stereocenters. The van der Waals surface area contributed by atoms with E-state index < -0.39 is 16.1 Å². The van der Waals surface area contributed by atoms with Crippen LogP contribution in [-0.4, -0.2) is 25.7 Å². The Balaban J connectivity index is 0.00000338. The van der Waals surface area contributed by atoms with Crippen molar-refractivity contribution in [3.63, 3.8) is 0 Å². The molecular weight excluding hydrogens is 355 g/mol. The first-order chi connectivity index (χ1) is 11.3. The third kappa shape index (κ3) is 4.61. The van der Waals surface area contributed by atoms with Crippen LogP contribution in [0.3, 0.4) is 0 Å². The molecule has 0 aromatic heterocycles. The summed E-state index contributed by atoms with van der Waals surface area (Å²) in [7, 11) is -2.64. The van der Waals surface area contributed by atoms with Crippen LogP contribution in [0.4, 0.5) is 0 Å². The van der Waals surface area contributed by atoms with E-state index in [-0.39, 0.29) is 28.4 Å². The van der Waals surface area contributed by atoms with E-state index >= 15 is 0 Å². The largest absolute Gasteiger partial charge is 1.00 e. The fourth-order valence-corrected chi connectivity index (χ4v) is 11.6. The molecule has 0 heterocycles. The maximum absolute atomic E-state index is 4.07. The van der Waals surface area contributed by atoms with Crippen LogP contribution in [0.1, 0.15) is 27.7 Å². The molecule has 26 heavy (non-hydrogen) atoms. The SMILES string of the molecule is C[SiH2]C1[C-]=C(C[Si](C)(C)C)C(C2=C(C)C(C)=C(C)C2C)=C1[Si](C)(C)C.[Li+]. The molecule has 0 aromatic carbocycles. The molecule has 2 aliphatic carbocycles. The second-order valence-electron chi connectivity index (χ2n) is 10.4. The van der Waals surface area contributed by atoms with Crippen LogP contribution in [0.25, 0.3) is 0 Å². The molecule has 2 unspecified atom stereocenters. The van der Waals surface area contributed by atoms with Crippen molar-refractivity contribution in [3.05, 3.63) is 44.7 Å². The van der Waals surface area contributed by atoms with Gasteiger partial charge < -0.3 is 0 Å². The van der Waals surface area contributed by atoms with E-state index in [1.165, 1.54) is 11.6 Å². The number of allylic oxidation sites excluding steroid dienone is 8. The molecule has 0 aliphatic heterocycles. The normalized spacial score (nSPS) is 25.0. The molecule has 140 valence electrons. The van der Waals surface area contributed by atoms with Gasteiger partial charge in [-0.25, -0.2) is 5.57 Å². The molecule has 2 aliphatic rings. The van der Waals surface area contributed by atoms with Gasteiger partial charge in [-0.3, -0.25) is 6.08 Å². The average Bonchev–Trinajstić information content (AvgIpc) is 2.89. The van der Waals surface area contributed by atoms with E-state index in [0.717, 1.165) is 0 Å². The van der Waals surface area contributed by atoms with Crippen LogP contribution < -0.4 is 18.9 Å². The Morgan fingerprint density at radius 2 is 1.50 bits per heavy atom. The van der Waals surface area contributed by atoms with Crippen molar-refractivity contribution in [2.75, 3.05) is 0 Å². The van der Waals surface area contributed by atoms with E-state index in [4.69, 9.17) is 0 Å². The molecule has 0 bridgehead atoms. The number of rotatable bonds is 5. The smallest absolute Gasteiger partial charge is 0.269 e. The molecule has 0 fully saturated rings. The van der Waals surface area contributed by atoms with Gasteiger partial charge in [-0.1, -0.05) is 69.9 Å². The minimum atomic E-state index is -1.37. The molecular formula is C22H39LiSi3. The maximum atomic E-state index is 4.07. The molecule has 0 nitrogen and oxygen atoms in total. The number of hydrogen-bond donors (Lipinski definition) is 0. The summed E-state index contributed by atoms with van der Waals surface area (Å²) in [5.74, 6) is 0.581. The van der Waals surface area contributed by atoms with Crippen molar-refractivity contribution in [1.82, 2.24) is 0 Å². The fourth-order valence-electron chi connectivity index (χ4n) is 4.64. The van der Waals surface area contributed by atoms with Gasteiger partial charge in [-0.15, -0.1) is 11.1 Å². The van der Waals surface area contributed by atoms with Gasteiger partial charge >= 0.3 is 18.9 Å². The first kappa shape index (κ1) is 24.2. The maximum Gasteiger partial charge on any atom is 1.00 e. The third-order valence-corrected chi connectivity index (χ3v) is 11.6. The minimum Gasteiger partial charge on any atom is -0.269 e. The standard InChI is InChI=1S/C22H39Si3.Li/c1-14-15(2)17(4)20(16(14)3)21-18(13-24(6,7)8)12-19(23-5)22(21)25(9,10)11;/h16,19H,13,23H2,1-11H3;/q-1;+1. The molecule has 4 heteroatoms. The van der Waals surface area contributed by atoms with Gasteiger partial charge in [0.2, 0.25) is 0 Å². The second kappa shape index (κ2) is 8.29. The minimum absolute atomic E-state index is 0. The zero-order valence-electron chi connectivity index (χ0n) is 19.6. The molecule has 2 rings (SSSR count). The van der Waals surface area contributed by atoms with Gasteiger partial charge in [0, 0.05) is 17.6 Å². The monoisotopic (exact) mass is 394 g/mol. The quantitative estimate of drug-likeness (QED) is 0.494. The Hall–Kier alpha value is 0.208. The molecule has 0 spiro atoms. The van der Waals surface area contributed by atoms with Crippen molar-refractivity contribution < 1.29 is 18.9 Å². The zero-order valence-corrected chi connectivity index (χ0v) is 23.0. The van der Waals surface area contributed by atoms with Crippen molar-refractivity contribution in [2.45, 2.75) is 85.1 Å². The Bertz CT molecular complexity index is 694. The van der Waals surface area contributed by atoms with E-state index in [1.54, 1.807) is 27.9 Å². The second-order valence-corrected chi connectivity index (χ2v) is 22.6. The van der Waals surface area contributed by atoms with Crippen molar-refractivity contribution in [3.8, 4) is 0 Å². The molecule has 0 aromatic rings. The third-order valence-electron chi connectivity index (χ3n) is 6.10. The topological polar surface area (TPSA) is 0 Å². The molecule has 0 saturated carbocycles. The predicted molar refractivity (Wildman–Crippen MR) is 124 cm³/mol. The molecule has 0 saturated heterocycles. The van der Waals surface area contributed by atoms with Crippen molar-refractivity contribution in [2.24, 2.45) is 5.92 Å². The summed E-state index contributed by atoms with van der Waals surface area (Å²) < 4.78 is 0. The Morgan fingerprint density at radius 1 is 0.962 bits per heavy atom. The van der Waals surface area contributed by atoms with Crippen molar-refractivity contribution >= 4 is 25.7 Å². The predicted octanol–water partition coefficient (Wildman–Crippen LogP) is 3.55. The van der Waals surface area contributed by atoms with Crippen LogP contribution in [0.2, 0.25) is 57.4 Å². The Morgan fingerprint density at radius 3 is 1.85 bits per heavy atom. The van der Waals surface area contributed by atoms with Crippen LogP contribution in [0.5, 0.6) is 0 Å². The Kier molecular flexibility index (Phi) is 7.73. The van der Waals surface area contributed by atoms with Crippen LogP contribution in [0, 0.1) is 12.0 Å². The van der Waals surface area contributed by atoms with E-state index in [0.29, 0.717) is 11.5 Å². The zero-order chi connectivity index (χ0) is 19.3. The van der Waals surface area contributed by atoms with Gasteiger partial charge in [0.1, 0.15) is 0 Å². The first-order valence-corrected chi connectivity index (χ1v) is 19.5. The summed E-state index contributed by atoms with van der Waals surface area (Å²) in [6.45, 7) is 27.2.